The first-order valence-corrected chi connectivity index (χ1v) is 7.03. The molecule has 104 valence electrons. The van der Waals surface area contributed by atoms with Crippen LogP contribution in [0.3, 0.4) is 0 Å². The number of hydrogen-bond donors (Lipinski definition) is 1. The van der Waals surface area contributed by atoms with E-state index in [-0.39, 0.29) is 5.69 Å². The number of rotatable bonds is 8. The zero-order valence-electron chi connectivity index (χ0n) is 12.1. The summed E-state index contributed by atoms with van der Waals surface area (Å²) in [6, 6.07) is 0.524. The first-order chi connectivity index (χ1) is 8.54. The lowest BCUT2D eigenvalue weighted by atomic mass is 10.0. The van der Waals surface area contributed by atoms with Gasteiger partial charge in [-0.2, -0.15) is 0 Å². The van der Waals surface area contributed by atoms with Gasteiger partial charge in [0.1, 0.15) is 0 Å². The second kappa shape index (κ2) is 7.41. The molecule has 1 rings (SSSR count). The van der Waals surface area contributed by atoms with Gasteiger partial charge in [0.2, 0.25) is 0 Å². The monoisotopic (exact) mass is 253 g/mol. The predicted octanol–water partition coefficient (Wildman–Crippen LogP) is 2.08. The van der Waals surface area contributed by atoms with E-state index in [1.807, 2.05) is 19.3 Å². The van der Waals surface area contributed by atoms with E-state index < -0.39 is 0 Å². The molecule has 1 N–H and O–H groups in total. The fourth-order valence-electron chi connectivity index (χ4n) is 1.98. The number of nitrogens with zero attached hydrogens (tertiary/aromatic N) is 2. The van der Waals surface area contributed by atoms with Gasteiger partial charge < -0.3 is 5.32 Å². The maximum Gasteiger partial charge on any atom is 0.328 e. The van der Waals surface area contributed by atoms with Gasteiger partial charge in [-0.05, 0) is 32.6 Å². The molecule has 0 spiro atoms. The molecule has 4 heteroatoms. The van der Waals surface area contributed by atoms with Gasteiger partial charge in [-0.15, -0.1) is 0 Å². The van der Waals surface area contributed by atoms with E-state index in [9.17, 15) is 4.79 Å². The second-order valence-corrected chi connectivity index (χ2v) is 5.39. The highest BCUT2D eigenvalue weighted by Gasteiger charge is 2.04. The third-order valence-corrected chi connectivity index (χ3v) is 3.28. The molecular formula is C14H27N3O. The van der Waals surface area contributed by atoms with Gasteiger partial charge in [0, 0.05) is 38.1 Å². The molecule has 0 aliphatic rings. The van der Waals surface area contributed by atoms with Crippen LogP contribution in [0.1, 0.15) is 40.5 Å². The summed E-state index contributed by atoms with van der Waals surface area (Å²) in [7, 11) is 0. The van der Waals surface area contributed by atoms with E-state index in [0.717, 1.165) is 25.6 Å². The summed E-state index contributed by atoms with van der Waals surface area (Å²) in [6.07, 6.45) is 6.17. The fourth-order valence-corrected chi connectivity index (χ4v) is 1.98. The standard InChI is InChI=1S/C14H27N3O/c1-5-16-10-11-17(14(16)18)9-8-15-13(4)7-6-12(2)3/h10-13,15H,5-9H2,1-4H3. The Balaban J connectivity index is 2.28. The lowest BCUT2D eigenvalue weighted by Crippen LogP contribution is -2.32. The van der Waals surface area contributed by atoms with Gasteiger partial charge >= 0.3 is 5.69 Å². The van der Waals surface area contributed by atoms with E-state index in [2.05, 4.69) is 26.1 Å². The van der Waals surface area contributed by atoms with Crippen LogP contribution in [-0.2, 0) is 13.1 Å². The molecular weight excluding hydrogens is 226 g/mol. The smallest absolute Gasteiger partial charge is 0.312 e. The maximum atomic E-state index is 11.8. The molecule has 0 saturated heterocycles. The van der Waals surface area contributed by atoms with Crippen molar-refractivity contribution in [3.8, 4) is 0 Å². The van der Waals surface area contributed by atoms with Crippen molar-refractivity contribution in [2.75, 3.05) is 6.54 Å². The van der Waals surface area contributed by atoms with Crippen molar-refractivity contribution in [2.45, 2.75) is 59.7 Å². The Morgan fingerprint density at radius 3 is 2.39 bits per heavy atom. The van der Waals surface area contributed by atoms with Crippen LogP contribution in [0.4, 0.5) is 0 Å². The van der Waals surface area contributed by atoms with Gasteiger partial charge in [-0.3, -0.25) is 9.13 Å². The average molecular weight is 253 g/mol. The normalized spacial score (nSPS) is 13.2. The van der Waals surface area contributed by atoms with E-state index in [1.165, 1.54) is 12.8 Å². The molecule has 0 bridgehead atoms. The van der Waals surface area contributed by atoms with Gasteiger partial charge in [0.25, 0.3) is 0 Å². The van der Waals surface area contributed by atoms with Crippen LogP contribution in [0.5, 0.6) is 0 Å². The Bertz CT molecular complexity index is 392. The predicted molar refractivity (Wildman–Crippen MR) is 75.9 cm³/mol. The van der Waals surface area contributed by atoms with Crippen LogP contribution >= 0.6 is 0 Å². The fraction of sp³-hybridized carbons (Fsp3) is 0.786. The van der Waals surface area contributed by atoms with Crippen molar-refractivity contribution in [1.82, 2.24) is 14.5 Å². The van der Waals surface area contributed by atoms with Crippen LogP contribution in [0.25, 0.3) is 0 Å². The summed E-state index contributed by atoms with van der Waals surface area (Å²) in [5.74, 6) is 0.760. The molecule has 0 aliphatic carbocycles. The van der Waals surface area contributed by atoms with Crippen LogP contribution < -0.4 is 11.0 Å². The second-order valence-electron chi connectivity index (χ2n) is 5.39. The molecule has 0 saturated carbocycles. The number of nitrogens with one attached hydrogen (secondary N) is 1. The van der Waals surface area contributed by atoms with E-state index in [0.29, 0.717) is 6.04 Å². The summed E-state index contributed by atoms with van der Waals surface area (Å²) in [5.41, 5.74) is 0.0918. The average Bonchev–Trinajstić information content (AvgIpc) is 2.68. The van der Waals surface area contributed by atoms with Gasteiger partial charge in [-0.1, -0.05) is 13.8 Å². The zero-order valence-corrected chi connectivity index (χ0v) is 12.1. The van der Waals surface area contributed by atoms with Gasteiger partial charge in [0.15, 0.2) is 0 Å². The molecule has 18 heavy (non-hydrogen) atoms. The molecule has 0 fully saturated rings. The molecule has 0 aliphatic heterocycles. The third kappa shape index (κ3) is 4.69. The lowest BCUT2D eigenvalue weighted by Gasteiger charge is -2.14. The Morgan fingerprint density at radius 2 is 1.83 bits per heavy atom. The van der Waals surface area contributed by atoms with E-state index >= 15 is 0 Å². The largest absolute Gasteiger partial charge is 0.328 e. The number of hydrogen-bond acceptors (Lipinski definition) is 2. The van der Waals surface area contributed by atoms with Crippen molar-refractivity contribution in [2.24, 2.45) is 5.92 Å². The van der Waals surface area contributed by atoms with E-state index in [4.69, 9.17) is 0 Å². The first-order valence-electron chi connectivity index (χ1n) is 7.03. The molecule has 1 heterocycles. The van der Waals surface area contributed by atoms with Crippen molar-refractivity contribution in [1.29, 1.82) is 0 Å². The molecule has 0 radical (unpaired) electrons. The zero-order chi connectivity index (χ0) is 13.5. The molecule has 0 amide bonds. The Hall–Kier alpha value is -1.03. The van der Waals surface area contributed by atoms with Crippen LogP contribution in [0, 0.1) is 5.92 Å². The molecule has 1 atom stereocenters. The van der Waals surface area contributed by atoms with Crippen LogP contribution in [0.2, 0.25) is 0 Å². The maximum absolute atomic E-state index is 11.8. The lowest BCUT2D eigenvalue weighted by molar-refractivity contribution is 0.438. The summed E-state index contributed by atoms with van der Waals surface area (Å²) in [4.78, 5) is 11.8. The van der Waals surface area contributed by atoms with Crippen molar-refractivity contribution < 1.29 is 0 Å². The van der Waals surface area contributed by atoms with E-state index in [1.54, 1.807) is 9.13 Å². The summed E-state index contributed by atoms with van der Waals surface area (Å²) in [5, 5.41) is 3.47. The minimum absolute atomic E-state index is 0.0918. The minimum atomic E-state index is 0.0918. The molecule has 1 aromatic heterocycles. The Morgan fingerprint density at radius 1 is 1.17 bits per heavy atom. The quantitative estimate of drug-likeness (QED) is 0.770. The van der Waals surface area contributed by atoms with Crippen molar-refractivity contribution >= 4 is 0 Å². The summed E-state index contributed by atoms with van der Waals surface area (Å²) < 4.78 is 3.49. The van der Waals surface area contributed by atoms with Crippen molar-refractivity contribution in [3.63, 3.8) is 0 Å². The molecule has 1 aromatic rings. The van der Waals surface area contributed by atoms with Crippen LogP contribution in [-0.4, -0.2) is 21.7 Å². The number of aromatic nitrogens is 2. The van der Waals surface area contributed by atoms with Crippen LogP contribution in [0.15, 0.2) is 17.2 Å². The van der Waals surface area contributed by atoms with Gasteiger partial charge in [-0.25, -0.2) is 4.79 Å². The summed E-state index contributed by atoms with van der Waals surface area (Å²) >= 11 is 0. The van der Waals surface area contributed by atoms with Gasteiger partial charge in [0.05, 0.1) is 0 Å². The highest BCUT2D eigenvalue weighted by atomic mass is 16.1. The first kappa shape index (κ1) is 15.0. The molecule has 0 aromatic carbocycles. The Kier molecular flexibility index (Phi) is 6.19. The SMILES string of the molecule is CCn1ccn(CCNC(C)CCC(C)C)c1=O. The number of imidazole rings is 1. The molecule has 4 nitrogen and oxygen atoms in total. The minimum Gasteiger partial charge on any atom is -0.312 e. The highest BCUT2D eigenvalue weighted by Crippen LogP contribution is 2.05. The summed E-state index contributed by atoms with van der Waals surface area (Å²) in [6.45, 7) is 11.0. The number of aryl methyl sites for hydroxylation is 1. The third-order valence-electron chi connectivity index (χ3n) is 3.28. The van der Waals surface area contributed by atoms with Crippen molar-refractivity contribution in [3.05, 3.63) is 22.9 Å². The Labute approximate surface area is 110 Å². The molecule has 1 unspecified atom stereocenters. The topological polar surface area (TPSA) is 39.0 Å². The highest BCUT2D eigenvalue weighted by molar-refractivity contribution is 4.81.